The van der Waals surface area contributed by atoms with Gasteiger partial charge in [-0.3, -0.25) is 0 Å². The third-order valence-corrected chi connectivity index (χ3v) is 2.87. The van der Waals surface area contributed by atoms with Crippen molar-refractivity contribution in [2.45, 2.75) is 19.8 Å². The van der Waals surface area contributed by atoms with Crippen molar-refractivity contribution in [3.63, 3.8) is 0 Å². The molecule has 1 aromatic heterocycles. The lowest BCUT2D eigenvalue weighted by molar-refractivity contribution is 0.867. The summed E-state index contributed by atoms with van der Waals surface area (Å²) in [5, 5.41) is 7.86. The second kappa shape index (κ2) is 4.72. The zero-order chi connectivity index (χ0) is 12.4. The van der Waals surface area contributed by atoms with Crippen LogP contribution in [-0.4, -0.2) is 10.2 Å². The maximum absolute atomic E-state index is 5.82. The van der Waals surface area contributed by atoms with Crippen molar-refractivity contribution >= 4 is 17.4 Å². The van der Waals surface area contributed by atoms with E-state index in [2.05, 4.69) is 36.2 Å². The third kappa shape index (κ3) is 2.56. The Hall–Kier alpha value is -1.61. The van der Waals surface area contributed by atoms with Crippen LogP contribution in [0.5, 0.6) is 0 Å². The topological polar surface area (TPSA) is 51.8 Å². The lowest BCUT2D eigenvalue weighted by Crippen LogP contribution is -1.97. The van der Waals surface area contributed by atoms with E-state index < -0.39 is 0 Å². The molecule has 4 heteroatoms. The zero-order valence-electron chi connectivity index (χ0n) is 9.81. The SMILES string of the molecule is CC(C)c1ccc(-c2cc(Cl)nnc2N)cc1. The smallest absolute Gasteiger partial charge is 0.154 e. The molecule has 0 saturated heterocycles. The second-order valence-corrected chi connectivity index (χ2v) is 4.63. The van der Waals surface area contributed by atoms with Gasteiger partial charge in [-0.25, -0.2) is 0 Å². The molecule has 0 atom stereocenters. The van der Waals surface area contributed by atoms with E-state index in [1.54, 1.807) is 6.07 Å². The summed E-state index contributed by atoms with van der Waals surface area (Å²) in [5.41, 5.74) is 8.90. The van der Waals surface area contributed by atoms with Gasteiger partial charge in [-0.1, -0.05) is 49.7 Å². The van der Waals surface area contributed by atoms with Crippen LogP contribution in [0.1, 0.15) is 25.3 Å². The average Bonchev–Trinajstić information content (AvgIpc) is 2.32. The van der Waals surface area contributed by atoms with Crippen LogP contribution in [-0.2, 0) is 0 Å². The van der Waals surface area contributed by atoms with E-state index in [1.165, 1.54) is 5.56 Å². The highest BCUT2D eigenvalue weighted by molar-refractivity contribution is 6.29. The Labute approximate surface area is 106 Å². The molecule has 0 unspecified atom stereocenters. The number of benzene rings is 1. The molecule has 0 saturated carbocycles. The number of rotatable bonds is 2. The van der Waals surface area contributed by atoms with Crippen LogP contribution in [0.15, 0.2) is 30.3 Å². The third-order valence-electron chi connectivity index (χ3n) is 2.68. The van der Waals surface area contributed by atoms with E-state index in [-0.39, 0.29) is 0 Å². The number of hydrogen-bond acceptors (Lipinski definition) is 3. The maximum Gasteiger partial charge on any atom is 0.154 e. The highest BCUT2D eigenvalue weighted by atomic mass is 35.5. The Bertz CT molecular complexity index is 521. The van der Waals surface area contributed by atoms with Gasteiger partial charge in [-0.05, 0) is 23.1 Å². The van der Waals surface area contributed by atoms with E-state index in [9.17, 15) is 0 Å². The summed E-state index contributed by atoms with van der Waals surface area (Å²) in [4.78, 5) is 0. The van der Waals surface area contributed by atoms with Crippen molar-refractivity contribution in [1.29, 1.82) is 0 Å². The first kappa shape index (κ1) is 11.9. The molecule has 1 heterocycles. The Balaban J connectivity index is 2.43. The molecule has 17 heavy (non-hydrogen) atoms. The van der Waals surface area contributed by atoms with Gasteiger partial charge in [-0.15, -0.1) is 10.2 Å². The number of nitrogens with two attached hydrogens (primary N) is 1. The van der Waals surface area contributed by atoms with Crippen molar-refractivity contribution < 1.29 is 0 Å². The Morgan fingerprint density at radius 2 is 1.76 bits per heavy atom. The molecule has 0 fully saturated rings. The summed E-state index contributed by atoms with van der Waals surface area (Å²) in [7, 11) is 0. The van der Waals surface area contributed by atoms with Crippen LogP contribution in [0.2, 0.25) is 5.15 Å². The van der Waals surface area contributed by atoms with Gasteiger partial charge in [-0.2, -0.15) is 0 Å². The lowest BCUT2D eigenvalue weighted by Gasteiger charge is -2.08. The van der Waals surface area contributed by atoms with Crippen molar-refractivity contribution in [3.05, 3.63) is 41.0 Å². The van der Waals surface area contributed by atoms with Crippen LogP contribution < -0.4 is 5.73 Å². The molecule has 3 nitrogen and oxygen atoms in total. The predicted molar refractivity (Wildman–Crippen MR) is 71.0 cm³/mol. The fourth-order valence-electron chi connectivity index (χ4n) is 1.66. The van der Waals surface area contributed by atoms with Gasteiger partial charge in [0.25, 0.3) is 0 Å². The number of aromatic nitrogens is 2. The first-order valence-corrected chi connectivity index (χ1v) is 5.84. The van der Waals surface area contributed by atoms with E-state index >= 15 is 0 Å². The summed E-state index contributed by atoms with van der Waals surface area (Å²) >= 11 is 5.82. The fraction of sp³-hybridized carbons (Fsp3) is 0.231. The molecule has 0 spiro atoms. The lowest BCUT2D eigenvalue weighted by atomic mass is 9.99. The molecule has 2 rings (SSSR count). The molecule has 0 amide bonds. The van der Waals surface area contributed by atoms with Crippen LogP contribution in [0.3, 0.4) is 0 Å². The molecular weight excluding hydrogens is 234 g/mol. The molecule has 88 valence electrons. The van der Waals surface area contributed by atoms with E-state index in [0.717, 1.165) is 11.1 Å². The Kier molecular flexibility index (Phi) is 3.29. The van der Waals surface area contributed by atoms with E-state index in [1.807, 2.05) is 12.1 Å². The minimum atomic E-state index is 0.349. The molecule has 0 aliphatic carbocycles. The highest BCUT2D eigenvalue weighted by Gasteiger charge is 2.06. The minimum absolute atomic E-state index is 0.349. The predicted octanol–water partition coefficient (Wildman–Crippen LogP) is 3.50. The summed E-state index contributed by atoms with van der Waals surface area (Å²) in [6, 6.07) is 9.97. The molecule has 2 N–H and O–H groups in total. The van der Waals surface area contributed by atoms with Gasteiger partial charge in [0.2, 0.25) is 0 Å². The number of hydrogen-bond donors (Lipinski definition) is 1. The van der Waals surface area contributed by atoms with Crippen molar-refractivity contribution in [3.8, 4) is 11.1 Å². The van der Waals surface area contributed by atoms with E-state index in [0.29, 0.717) is 16.9 Å². The van der Waals surface area contributed by atoms with Crippen molar-refractivity contribution in [1.82, 2.24) is 10.2 Å². The normalized spacial score (nSPS) is 10.8. The maximum atomic E-state index is 5.82. The molecule has 0 bridgehead atoms. The molecule has 0 radical (unpaired) electrons. The largest absolute Gasteiger partial charge is 0.382 e. The molecule has 1 aromatic carbocycles. The van der Waals surface area contributed by atoms with Gasteiger partial charge < -0.3 is 5.73 Å². The summed E-state index contributed by atoms with van der Waals surface area (Å²) in [6.45, 7) is 4.32. The second-order valence-electron chi connectivity index (χ2n) is 4.24. The first-order valence-electron chi connectivity index (χ1n) is 5.47. The minimum Gasteiger partial charge on any atom is -0.382 e. The Morgan fingerprint density at radius 3 is 2.35 bits per heavy atom. The van der Waals surface area contributed by atoms with Gasteiger partial charge in [0, 0.05) is 5.56 Å². The van der Waals surface area contributed by atoms with Crippen LogP contribution in [0.25, 0.3) is 11.1 Å². The average molecular weight is 248 g/mol. The van der Waals surface area contributed by atoms with Crippen LogP contribution in [0, 0.1) is 0 Å². The van der Waals surface area contributed by atoms with Crippen LogP contribution >= 0.6 is 11.6 Å². The van der Waals surface area contributed by atoms with Crippen LogP contribution in [0.4, 0.5) is 5.82 Å². The summed E-state index contributed by atoms with van der Waals surface area (Å²) < 4.78 is 0. The zero-order valence-corrected chi connectivity index (χ0v) is 10.6. The summed E-state index contributed by atoms with van der Waals surface area (Å²) in [6.07, 6.45) is 0. The van der Waals surface area contributed by atoms with Crippen molar-refractivity contribution in [2.75, 3.05) is 5.73 Å². The Morgan fingerprint density at radius 1 is 1.12 bits per heavy atom. The quantitative estimate of drug-likeness (QED) is 0.884. The fourth-order valence-corrected chi connectivity index (χ4v) is 1.80. The van der Waals surface area contributed by atoms with E-state index in [4.69, 9.17) is 17.3 Å². The molecule has 0 aliphatic rings. The number of anilines is 1. The van der Waals surface area contributed by atoms with Gasteiger partial charge in [0.05, 0.1) is 0 Å². The standard InChI is InChI=1S/C13H14ClN3/c1-8(2)9-3-5-10(6-4-9)11-7-12(14)16-17-13(11)15/h3-8H,1-2H3,(H2,15,17). The molecular formula is C13H14ClN3. The van der Waals surface area contributed by atoms with Gasteiger partial charge in [0.1, 0.15) is 0 Å². The summed E-state index contributed by atoms with van der Waals surface area (Å²) in [5.74, 6) is 0.909. The molecule has 2 aromatic rings. The van der Waals surface area contributed by atoms with Gasteiger partial charge in [0.15, 0.2) is 11.0 Å². The highest BCUT2D eigenvalue weighted by Crippen LogP contribution is 2.27. The number of nitrogen functional groups attached to an aromatic ring is 1. The first-order chi connectivity index (χ1) is 8.08. The number of halogens is 1. The number of nitrogens with zero attached hydrogens (tertiary/aromatic N) is 2. The van der Waals surface area contributed by atoms with Crippen molar-refractivity contribution in [2.24, 2.45) is 0 Å². The monoisotopic (exact) mass is 247 g/mol. The van der Waals surface area contributed by atoms with Gasteiger partial charge >= 0.3 is 0 Å². The molecule has 0 aliphatic heterocycles.